The zero-order valence-corrected chi connectivity index (χ0v) is 14.3. The Morgan fingerprint density at radius 3 is 2.52 bits per heavy atom. The molecule has 114 valence electrons. The van der Waals surface area contributed by atoms with E-state index in [1.807, 2.05) is 13.0 Å². The van der Waals surface area contributed by atoms with Crippen LogP contribution in [0, 0.1) is 6.92 Å². The van der Waals surface area contributed by atoms with Gasteiger partial charge < -0.3 is 10.3 Å². The van der Waals surface area contributed by atoms with Crippen molar-refractivity contribution in [3.05, 3.63) is 51.8 Å². The van der Waals surface area contributed by atoms with Gasteiger partial charge in [-0.25, -0.2) is 0 Å². The standard InChI is InChI=1S/C16H22BrN3O/c1-4-15(18)16(12-5-7-13(17)8-6-12)20(3)10-14-9-11(2)21-19-14/h5-9,15-16H,4,10,18H2,1-3H3. The maximum Gasteiger partial charge on any atom is 0.133 e. The van der Waals surface area contributed by atoms with Crippen LogP contribution in [-0.2, 0) is 6.54 Å². The fourth-order valence-electron chi connectivity index (χ4n) is 2.56. The van der Waals surface area contributed by atoms with Crippen LogP contribution in [0.25, 0.3) is 0 Å². The smallest absolute Gasteiger partial charge is 0.133 e. The zero-order valence-electron chi connectivity index (χ0n) is 12.7. The van der Waals surface area contributed by atoms with Gasteiger partial charge in [-0.1, -0.05) is 40.1 Å². The van der Waals surface area contributed by atoms with Crippen LogP contribution in [0.15, 0.2) is 39.3 Å². The number of benzene rings is 1. The van der Waals surface area contributed by atoms with Crippen LogP contribution in [-0.4, -0.2) is 23.1 Å². The van der Waals surface area contributed by atoms with Crippen LogP contribution in [0.3, 0.4) is 0 Å². The van der Waals surface area contributed by atoms with Gasteiger partial charge in [0.05, 0.1) is 5.69 Å². The number of rotatable bonds is 6. The van der Waals surface area contributed by atoms with Crippen LogP contribution in [0.1, 0.15) is 36.4 Å². The third-order valence-electron chi connectivity index (χ3n) is 3.65. The average molecular weight is 352 g/mol. The van der Waals surface area contributed by atoms with Crippen molar-refractivity contribution in [2.75, 3.05) is 7.05 Å². The van der Waals surface area contributed by atoms with Gasteiger partial charge in [0.15, 0.2) is 0 Å². The van der Waals surface area contributed by atoms with Crippen molar-refractivity contribution < 1.29 is 4.52 Å². The van der Waals surface area contributed by atoms with E-state index in [2.05, 4.69) is 64.2 Å². The van der Waals surface area contributed by atoms with E-state index in [1.54, 1.807) is 0 Å². The summed E-state index contributed by atoms with van der Waals surface area (Å²) in [5.41, 5.74) is 8.50. The molecule has 4 nitrogen and oxygen atoms in total. The zero-order chi connectivity index (χ0) is 15.4. The van der Waals surface area contributed by atoms with Crippen LogP contribution in [0.5, 0.6) is 0 Å². The minimum Gasteiger partial charge on any atom is -0.361 e. The molecule has 1 heterocycles. The maximum atomic E-state index is 6.35. The summed E-state index contributed by atoms with van der Waals surface area (Å²) in [6.07, 6.45) is 0.920. The van der Waals surface area contributed by atoms with Gasteiger partial charge >= 0.3 is 0 Å². The second-order valence-corrected chi connectivity index (χ2v) is 6.33. The Bertz CT molecular complexity index is 567. The molecule has 2 unspecified atom stereocenters. The molecule has 2 atom stereocenters. The first-order chi connectivity index (χ1) is 10.0. The molecule has 0 spiro atoms. The lowest BCUT2D eigenvalue weighted by Gasteiger charge is -2.32. The number of likely N-dealkylation sites (N-methyl/N-ethyl adjacent to an activating group) is 1. The third kappa shape index (κ3) is 4.15. The van der Waals surface area contributed by atoms with Crippen molar-refractivity contribution in [2.45, 2.75) is 38.9 Å². The van der Waals surface area contributed by atoms with E-state index in [9.17, 15) is 0 Å². The molecule has 21 heavy (non-hydrogen) atoms. The SMILES string of the molecule is CCC(N)C(c1ccc(Br)cc1)N(C)Cc1cc(C)on1. The predicted octanol–water partition coefficient (Wildman–Crippen LogP) is 3.66. The summed E-state index contributed by atoms with van der Waals surface area (Å²) in [7, 11) is 2.08. The number of nitrogens with zero attached hydrogens (tertiary/aromatic N) is 2. The van der Waals surface area contributed by atoms with Gasteiger partial charge in [0.2, 0.25) is 0 Å². The summed E-state index contributed by atoms with van der Waals surface area (Å²) in [5.74, 6) is 0.832. The number of nitrogens with two attached hydrogens (primary N) is 1. The summed E-state index contributed by atoms with van der Waals surface area (Å²) in [4.78, 5) is 2.23. The van der Waals surface area contributed by atoms with Crippen molar-refractivity contribution in [3.63, 3.8) is 0 Å². The van der Waals surface area contributed by atoms with Crippen LogP contribution < -0.4 is 5.73 Å². The number of hydrogen-bond donors (Lipinski definition) is 1. The highest BCUT2D eigenvalue weighted by molar-refractivity contribution is 9.10. The van der Waals surface area contributed by atoms with Crippen molar-refractivity contribution in [3.8, 4) is 0 Å². The molecule has 2 rings (SSSR count). The molecule has 0 aliphatic heterocycles. The number of hydrogen-bond acceptors (Lipinski definition) is 4. The van der Waals surface area contributed by atoms with E-state index in [0.29, 0.717) is 6.54 Å². The van der Waals surface area contributed by atoms with Gasteiger partial charge in [-0.2, -0.15) is 0 Å². The van der Waals surface area contributed by atoms with Gasteiger partial charge in [-0.3, -0.25) is 4.90 Å². The Morgan fingerprint density at radius 1 is 1.33 bits per heavy atom. The minimum atomic E-state index is 0.0733. The molecule has 0 saturated carbocycles. The van der Waals surface area contributed by atoms with Crippen LogP contribution in [0.4, 0.5) is 0 Å². The Balaban J connectivity index is 2.20. The first kappa shape index (κ1) is 16.2. The minimum absolute atomic E-state index is 0.0733. The van der Waals surface area contributed by atoms with Crippen molar-refractivity contribution in [1.29, 1.82) is 0 Å². The lowest BCUT2D eigenvalue weighted by atomic mass is 9.96. The molecule has 0 saturated heterocycles. The molecular weight excluding hydrogens is 330 g/mol. The highest BCUT2D eigenvalue weighted by Crippen LogP contribution is 2.26. The summed E-state index contributed by atoms with van der Waals surface area (Å²) in [6.45, 7) is 4.73. The Hall–Kier alpha value is -1.17. The Labute approximate surface area is 134 Å². The van der Waals surface area contributed by atoms with Crippen molar-refractivity contribution >= 4 is 15.9 Å². The van der Waals surface area contributed by atoms with E-state index in [0.717, 1.165) is 22.3 Å². The van der Waals surface area contributed by atoms with Gasteiger partial charge in [0, 0.05) is 29.2 Å². The summed E-state index contributed by atoms with van der Waals surface area (Å²) in [6, 6.07) is 10.5. The lowest BCUT2D eigenvalue weighted by Crippen LogP contribution is -2.38. The van der Waals surface area contributed by atoms with Gasteiger partial charge in [0.1, 0.15) is 5.76 Å². The van der Waals surface area contributed by atoms with Gasteiger partial charge in [-0.05, 0) is 38.1 Å². The molecule has 0 amide bonds. The van der Waals surface area contributed by atoms with Crippen molar-refractivity contribution in [1.82, 2.24) is 10.1 Å². The van der Waals surface area contributed by atoms with E-state index in [-0.39, 0.29) is 12.1 Å². The molecule has 5 heteroatoms. The first-order valence-electron chi connectivity index (χ1n) is 7.14. The molecule has 1 aromatic carbocycles. The normalized spacial score (nSPS) is 14.4. The highest BCUT2D eigenvalue weighted by Gasteiger charge is 2.23. The van der Waals surface area contributed by atoms with E-state index in [4.69, 9.17) is 10.3 Å². The van der Waals surface area contributed by atoms with Crippen molar-refractivity contribution in [2.24, 2.45) is 5.73 Å². The molecule has 0 fully saturated rings. The summed E-state index contributed by atoms with van der Waals surface area (Å²) in [5, 5.41) is 4.07. The molecule has 2 N–H and O–H groups in total. The fourth-order valence-corrected chi connectivity index (χ4v) is 2.82. The van der Waals surface area contributed by atoms with Gasteiger partial charge in [-0.15, -0.1) is 0 Å². The molecule has 2 aromatic rings. The predicted molar refractivity (Wildman–Crippen MR) is 87.9 cm³/mol. The second kappa shape index (κ2) is 7.20. The lowest BCUT2D eigenvalue weighted by molar-refractivity contribution is 0.196. The maximum absolute atomic E-state index is 6.35. The largest absolute Gasteiger partial charge is 0.361 e. The number of aromatic nitrogens is 1. The number of halogens is 1. The molecular formula is C16H22BrN3O. The average Bonchev–Trinajstić information content (AvgIpc) is 2.86. The second-order valence-electron chi connectivity index (χ2n) is 5.41. The summed E-state index contributed by atoms with van der Waals surface area (Å²) >= 11 is 3.47. The number of aryl methyl sites for hydroxylation is 1. The fraction of sp³-hybridized carbons (Fsp3) is 0.438. The Morgan fingerprint density at radius 2 is 2.00 bits per heavy atom. The quantitative estimate of drug-likeness (QED) is 0.862. The van der Waals surface area contributed by atoms with Crippen LogP contribution in [0.2, 0.25) is 0 Å². The molecule has 0 aliphatic carbocycles. The highest BCUT2D eigenvalue weighted by atomic mass is 79.9. The third-order valence-corrected chi connectivity index (χ3v) is 4.18. The topological polar surface area (TPSA) is 55.3 Å². The summed E-state index contributed by atoms with van der Waals surface area (Å²) < 4.78 is 6.21. The van der Waals surface area contributed by atoms with Gasteiger partial charge in [0.25, 0.3) is 0 Å². The monoisotopic (exact) mass is 351 g/mol. The molecule has 0 bridgehead atoms. The molecule has 1 aromatic heterocycles. The first-order valence-corrected chi connectivity index (χ1v) is 7.94. The van der Waals surface area contributed by atoms with E-state index >= 15 is 0 Å². The molecule has 0 radical (unpaired) electrons. The van der Waals surface area contributed by atoms with E-state index < -0.39 is 0 Å². The van der Waals surface area contributed by atoms with E-state index in [1.165, 1.54) is 5.56 Å². The molecule has 0 aliphatic rings. The Kier molecular flexibility index (Phi) is 5.56. The van der Waals surface area contributed by atoms with Crippen LogP contribution >= 0.6 is 15.9 Å².